The number of benzene rings is 1. The molecule has 21 heavy (non-hydrogen) atoms. The SMILES string of the molecule is Cc1ccc(Cl)cc1-c1cnc2c(N3CCC3)ccnn12. The van der Waals surface area contributed by atoms with Crippen LogP contribution in [0.25, 0.3) is 16.9 Å². The van der Waals surface area contributed by atoms with E-state index in [1.165, 1.54) is 6.42 Å². The Balaban J connectivity index is 1.92. The highest BCUT2D eigenvalue weighted by Crippen LogP contribution is 2.30. The first-order valence-electron chi connectivity index (χ1n) is 7.08. The Morgan fingerprint density at radius 1 is 1.19 bits per heavy atom. The molecular formula is C16H15ClN4. The molecule has 0 atom stereocenters. The van der Waals surface area contributed by atoms with Crippen LogP contribution in [-0.4, -0.2) is 27.7 Å². The Hall–Kier alpha value is -2.07. The molecule has 5 heteroatoms. The summed E-state index contributed by atoms with van der Waals surface area (Å²) in [5.74, 6) is 0. The van der Waals surface area contributed by atoms with Crippen LogP contribution in [0.1, 0.15) is 12.0 Å². The van der Waals surface area contributed by atoms with Gasteiger partial charge in [0.25, 0.3) is 0 Å². The molecule has 0 spiro atoms. The maximum absolute atomic E-state index is 6.14. The fraction of sp³-hybridized carbons (Fsp3) is 0.250. The number of anilines is 1. The molecule has 1 aliphatic rings. The van der Waals surface area contributed by atoms with Crippen molar-refractivity contribution in [2.75, 3.05) is 18.0 Å². The molecule has 0 N–H and O–H groups in total. The number of aromatic nitrogens is 3. The Bertz CT molecular complexity index is 820. The van der Waals surface area contributed by atoms with Crippen molar-refractivity contribution < 1.29 is 0 Å². The maximum Gasteiger partial charge on any atom is 0.177 e. The van der Waals surface area contributed by atoms with Gasteiger partial charge in [0.1, 0.15) is 0 Å². The fourth-order valence-electron chi connectivity index (χ4n) is 2.74. The van der Waals surface area contributed by atoms with Gasteiger partial charge in [-0.3, -0.25) is 0 Å². The van der Waals surface area contributed by atoms with Crippen LogP contribution in [0.4, 0.5) is 5.69 Å². The van der Waals surface area contributed by atoms with E-state index >= 15 is 0 Å². The van der Waals surface area contributed by atoms with Crippen LogP contribution in [-0.2, 0) is 0 Å². The predicted octanol–water partition coefficient (Wildman–Crippen LogP) is 3.57. The van der Waals surface area contributed by atoms with Crippen LogP contribution >= 0.6 is 11.6 Å². The molecule has 2 aromatic heterocycles. The molecule has 3 heterocycles. The van der Waals surface area contributed by atoms with Crippen LogP contribution in [0, 0.1) is 6.92 Å². The minimum absolute atomic E-state index is 0.726. The van der Waals surface area contributed by atoms with E-state index in [2.05, 4.69) is 21.9 Å². The van der Waals surface area contributed by atoms with Crippen LogP contribution in [0.2, 0.25) is 5.02 Å². The summed E-state index contributed by atoms with van der Waals surface area (Å²) >= 11 is 6.14. The van der Waals surface area contributed by atoms with Crippen LogP contribution < -0.4 is 4.90 Å². The Morgan fingerprint density at radius 2 is 2.05 bits per heavy atom. The molecule has 106 valence electrons. The average molecular weight is 299 g/mol. The first-order valence-corrected chi connectivity index (χ1v) is 7.46. The van der Waals surface area contributed by atoms with Gasteiger partial charge >= 0.3 is 0 Å². The van der Waals surface area contributed by atoms with E-state index in [1.807, 2.05) is 41.2 Å². The quantitative estimate of drug-likeness (QED) is 0.725. The fourth-order valence-corrected chi connectivity index (χ4v) is 2.91. The zero-order chi connectivity index (χ0) is 14.4. The van der Waals surface area contributed by atoms with Gasteiger partial charge in [0, 0.05) is 23.7 Å². The molecule has 0 radical (unpaired) electrons. The third-order valence-electron chi connectivity index (χ3n) is 4.05. The summed E-state index contributed by atoms with van der Waals surface area (Å²) in [7, 11) is 0. The summed E-state index contributed by atoms with van der Waals surface area (Å²) in [6.07, 6.45) is 4.96. The molecule has 0 bridgehead atoms. The standard InChI is InChI=1S/C16H15ClN4/c1-11-3-4-12(17)9-13(11)15-10-18-16-14(20-7-2-8-20)5-6-19-21(15)16/h3-6,9-10H,2,7-8H2,1H3. The van der Waals surface area contributed by atoms with Gasteiger partial charge in [-0.2, -0.15) is 5.10 Å². The van der Waals surface area contributed by atoms with E-state index in [-0.39, 0.29) is 0 Å². The highest BCUT2D eigenvalue weighted by atomic mass is 35.5. The molecule has 3 aromatic rings. The van der Waals surface area contributed by atoms with Crippen molar-refractivity contribution in [3.63, 3.8) is 0 Å². The number of halogens is 1. The van der Waals surface area contributed by atoms with E-state index in [1.54, 1.807) is 0 Å². The van der Waals surface area contributed by atoms with E-state index in [4.69, 9.17) is 11.6 Å². The second-order valence-electron chi connectivity index (χ2n) is 5.40. The molecule has 1 fully saturated rings. The van der Waals surface area contributed by atoms with E-state index < -0.39 is 0 Å². The van der Waals surface area contributed by atoms with Crippen LogP contribution in [0.5, 0.6) is 0 Å². The van der Waals surface area contributed by atoms with Gasteiger partial charge in [0.05, 0.1) is 23.8 Å². The topological polar surface area (TPSA) is 33.4 Å². The van der Waals surface area contributed by atoms with Crippen molar-refractivity contribution in [3.05, 3.63) is 47.2 Å². The molecule has 1 aliphatic heterocycles. The van der Waals surface area contributed by atoms with E-state index in [0.29, 0.717) is 0 Å². The smallest absolute Gasteiger partial charge is 0.177 e. The van der Waals surface area contributed by atoms with Gasteiger partial charge in [0.2, 0.25) is 0 Å². The Kier molecular flexibility index (Phi) is 2.86. The number of hydrogen-bond donors (Lipinski definition) is 0. The van der Waals surface area contributed by atoms with Gasteiger partial charge in [-0.1, -0.05) is 17.7 Å². The van der Waals surface area contributed by atoms with Crippen molar-refractivity contribution in [3.8, 4) is 11.3 Å². The lowest BCUT2D eigenvalue weighted by Crippen LogP contribution is -2.37. The minimum Gasteiger partial charge on any atom is -0.368 e. The van der Waals surface area contributed by atoms with Crippen molar-refractivity contribution in [1.29, 1.82) is 0 Å². The largest absolute Gasteiger partial charge is 0.368 e. The molecule has 0 aliphatic carbocycles. The molecular weight excluding hydrogens is 284 g/mol. The van der Waals surface area contributed by atoms with Crippen molar-refractivity contribution >= 4 is 22.9 Å². The lowest BCUT2D eigenvalue weighted by molar-refractivity contribution is 0.617. The van der Waals surface area contributed by atoms with Gasteiger partial charge < -0.3 is 4.90 Å². The summed E-state index contributed by atoms with van der Waals surface area (Å²) in [6.45, 7) is 4.26. The lowest BCUT2D eigenvalue weighted by Gasteiger charge is -2.32. The maximum atomic E-state index is 6.14. The van der Waals surface area contributed by atoms with Gasteiger partial charge in [0.15, 0.2) is 5.65 Å². The highest BCUT2D eigenvalue weighted by molar-refractivity contribution is 6.30. The normalized spacial score (nSPS) is 14.5. The first kappa shape index (κ1) is 12.7. The second-order valence-corrected chi connectivity index (χ2v) is 5.83. The van der Waals surface area contributed by atoms with E-state index in [0.717, 1.165) is 46.3 Å². The zero-order valence-electron chi connectivity index (χ0n) is 11.8. The third kappa shape index (κ3) is 1.98. The first-order chi connectivity index (χ1) is 10.2. The summed E-state index contributed by atoms with van der Waals surface area (Å²) in [5.41, 5.74) is 5.28. The van der Waals surface area contributed by atoms with Gasteiger partial charge in [-0.05, 0) is 37.1 Å². The van der Waals surface area contributed by atoms with Crippen molar-refractivity contribution in [1.82, 2.24) is 14.6 Å². The minimum atomic E-state index is 0.726. The molecule has 0 saturated carbocycles. The lowest BCUT2D eigenvalue weighted by atomic mass is 10.1. The van der Waals surface area contributed by atoms with E-state index in [9.17, 15) is 0 Å². The van der Waals surface area contributed by atoms with Gasteiger partial charge in [-0.15, -0.1) is 0 Å². The number of hydrogen-bond acceptors (Lipinski definition) is 3. The van der Waals surface area contributed by atoms with Gasteiger partial charge in [-0.25, -0.2) is 9.50 Å². The predicted molar refractivity (Wildman–Crippen MR) is 85.0 cm³/mol. The monoisotopic (exact) mass is 298 g/mol. The summed E-state index contributed by atoms with van der Waals surface area (Å²) in [5, 5.41) is 5.20. The van der Waals surface area contributed by atoms with Crippen LogP contribution in [0.3, 0.4) is 0 Å². The molecule has 0 unspecified atom stereocenters. The average Bonchev–Trinajstić information content (AvgIpc) is 2.84. The number of nitrogens with zero attached hydrogens (tertiary/aromatic N) is 4. The number of imidazole rings is 1. The molecule has 1 aromatic carbocycles. The molecule has 4 nitrogen and oxygen atoms in total. The third-order valence-corrected chi connectivity index (χ3v) is 4.29. The summed E-state index contributed by atoms with van der Waals surface area (Å²) < 4.78 is 1.91. The number of fused-ring (bicyclic) bond motifs is 1. The van der Waals surface area contributed by atoms with Crippen molar-refractivity contribution in [2.45, 2.75) is 13.3 Å². The van der Waals surface area contributed by atoms with Crippen molar-refractivity contribution in [2.24, 2.45) is 0 Å². The number of rotatable bonds is 2. The summed E-state index contributed by atoms with van der Waals surface area (Å²) in [4.78, 5) is 6.92. The highest BCUT2D eigenvalue weighted by Gasteiger charge is 2.20. The molecule has 0 amide bonds. The number of aryl methyl sites for hydroxylation is 1. The molecule has 1 saturated heterocycles. The molecule has 4 rings (SSSR count). The second kappa shape index (κ2) is 4.74. The van der Waals surface area contributed by atoms with Crippen LogP contribution in [0.15, 0.2) is 36.7 Å². The summed E-state index contributed by atoms with van der Waals surface area (Å²) in [6, 6.07) is 7.94. The zero-order valence-corrected chi connectivity index (χ0v) is 12.5. The Morgan fingerprint density at radius 3 is 2.81 bits per heavy atom. The Labute approximate surface area is 128 Å².